The second kappa shape index (κ2) is 21.6. The monoisotopic (exact) mass is 1150 g/mol. The summed E-state index contributed by atoms with van der Waals surface area (Å²) in [6, 6.07) is 4.87. The van der Waals surface area contributed by atoms with Gasteiger partial charge in [-0.25, -0.2) is 4.79 Å². The van der Waals surface area contributed by atoms with Gasteiger partial charge in [-0.2, -0.15) is 0 Å². The van der Waals surface area contributed by atoms with Crippen LogP contribution in [-0.4, -0.2) is 180 Å². The van der Waals surface area contributed by atoms with E-state index in [1.165, 1.54) is 64.5 Å². The third kappa shape index (κ3) is 9.44. The highest BCUT2D eigenvalue weighted by Gasteiger charge is 2.53. The molecule has 10 rings (SSSR count). The minimum atomic E-state index is -2.48. The standard InChI is InChI=1S/C55H56N2O23.ClH/c1-19-43(62)25(11-33(77-19)79-29-15-54(73,31(60)17-58)13-23-37(29)51(70)41-39(47(23)66)45(64)21-7-5-9-27(75-3)35(21)49(41)68)56-53(72)57-26-12-34(78-20(2)44(26)63)80-30-16-55(74,32(61)18-59)14-24-38(30)52(71)42-40(48(24)67)46(65)22-8-6-10-28(76-4)36(22)50(42)69;/h5-10,19-20,25-26,29-30,33-34,43-44,58-59,62-63,66-67,70-71,73-74H,11-18H2,1-4H3,(H2,56,57,72);1H/t19?,20?,25?,26?,29-,30-,33?,34?,43?,44?,54-,55-;/m0./s1. The first-order valence-corrected chi connectivity index (χ1v) is 25.4. The van der Waals surface area contributed by atoms with Crippen LogP contribution < -0.4 is 20.1 Å². The van der Waals surface area contributed by atoms with Gasteiger partial charge in [0.15, 0.2) is 35.7 Å². The quantitative estimate of drug-likeness (QED) is 0.0755. The highest BCUT2D eigenvalue weighted by Crippen LogP contribution is 2.55. The van der Waals surface area contributed by atoms with Crippen LogP contribution in [-0.2, 0) is 41.4 Å². The van der Waals surface area contributed by atoms with Crippen LogP contribution in [0.3, 0.4) is 0 Å². The predicted molar refractivity (Wildman–Crippen MR) is 274 cm³/mol. The molecule has 12 N–H and O–H groups in total. The Kier molecular flexibility index (Phi) is 15.6. The lowest BCUT2D eigenvalue weighted by atomic mass is 9.72. The number of carbonyl (C=O) groups is 7. The molecule has 0 aromatic heterocycles. The average Bonchev–Trinajstić information content (AvgIpc) is 3.49. The van der Waals surface area contributed by atoms with Crippen molar-refractivity contribution in [1.82, 2.24) is 10.6 Å². The molecule has 4 aromatic rings. The highest BCUT2D eigenvalue weighted by atomic mass is 35.5. The van der Waals surface area contributed by atoms with E-state index in [2.05, 4.69) is 10.6 Å². The molecule has 0 saturated carbocycles. The number of urea groups is 1. The Bertz CT molecular complexity index is 3130. The van der Waals surface area contributed by atoms with Crippen molar-refractivity contribution >= 4 is 53.1 Å². The zero-order valence-electron chi connectivity index (χ0n) is 43.6. The van der Waals surface area contributed by atoms with E-state index < -0.39 is 210 Å². The van der Waals surface area contributed by atoms with Crippen LogP contribution in [0, 0.1) is 0 Å². The molecule has 2 heterocycles. The number of ether oxygens (including phenoxy) is 6. The van der Waals surface area contributed by atoms with E-state index in [9.17, 15) is 84.6 Å². The zero-order valence-corrected chi connectivity index (χ0v) is 44.4. The molecule has 0 bridgehead atoms. The van der Waals surface area contributed by atoms with Gasteiger partial charge in [-0.15, -0.1) is 12.4 Å². The number of aliphatic hydroxyl groups is 6. The molecular formula is C55H57ClN2O23. The minimum Gasteiger partial charge on any atom is -0.507 e. The first-order valence-electron chi connectivity index (χ1n) is 25.4. The number of phenolic OH excluding ortho intramolecular Hbond substituents is 4. The zero-order chi connectivity index (χ0) is 57.8. The second-order valence-electron chi connectivity index (χ2n) is 20.8. The Hall–Kier alpha value is -7.14. The van der Waals surface area contributed by atoms with Crippen LogP contribution in [0.5, 0.6) is 34.5 Å². The third-order valence-corrected chi connectivity index (χ3v) is 16.2. The summed E-state index contributed by atoms with van der Waals surface area (Å²) in [6.07, 6.45) is -15.0. The number of ketones is 6. The molecule has 6 aliphatic rings. The SMILES string of the molecule is COc1cccc2c1C(=O)c1c(O)c3c(c(O)c1C2=O)C[C@@](O)(C(=O)CO)C[C@@H]3OC1CC(NC(=O)NC2CC(O[C@H]3C[C@](O)(C(=O)CO)Cc4c(O)c5c(c(O)c43)C(=O)c3c(OC)cccc3C5=O)OC(C)C2O)C(O)C(C)O1.Cl. The van der Waals surface area contributed by atoms with E-state index in [-0.39, 0.29) is 68.4 Å². The van der Waals surface area contributed by atoms with Crippen molar-refractivity contribution in [2.45, 2.75) is 125 Å². The molecular weight excluding hydrogens is 1090 g/mol. The molecule has 2 aliphatic heterocycles. The van der Waals surface area contributed by atoms with E-state index in [0.29, 0.717) is 0 Å². The Morgan fingerprint density at radius 1 is 0.580 bits per heavy atom. The summed E-state index contributed by atoms with van der Waals surface area (Å²) >= 11 is 0. The molecule has 0 radical (unpaired) electrons. The molecule has 4 aliphatic carbocycles. The van der Waals surface area contributed by atoms with Gasteiger partial charge in [0.2, 0.25) is 11.6 Å². The summed E-state index contributed by atoms with van der Waals surface area (Å²) in [7, 11) is 2.53. The lowest BCUT2D eigenvalue weighted by molar-refractivity contribution is -0.250. The van der Waals surface area contributed by atoms with Gasteiger partial charge in [-0.05, 0) is 26.0 Å². The molecule has 0 spiro atoms. The van der Waals surface area contributed by atoms with Crippen LogP contribution in [0.4, 0.5) is 4.79 Å². The summed E-state index contributed by atoms with van der Waals surface area (Å²) in [5.74, 6) is -9.17. The number of amides is 2. The number of hydrogen-bond donors (Lipinski definition) is 12. The lowest BCUT2D eigenvalue weighted by Gasteiger charge is -2.43. The number of phenols is 4. The van der Waals surface area contributed by atoms with Crippen molar-refractivity contribution in [2.75, 3.05) is 27.4 Å². The topological polar surface area (TPSA) is 401 Å². The Balaban J connectivity index is 0.00000792. The largest absolute Gasteiger partial charge is 0.507 e. The smallest absolute Gasteiger partial charge is 0.315 e. The molecule has 8 unspecified atom stereocenters. The van der Waals surface area contributed by atoms with Gasteiger partial charge >= 0.3 is 6.03 Å². The van der Waals surface area contributed by atoms with Crippen molar-refractivity contribution < 1.29 is 113 Å². The fraction of sp³-hybridized carbons (Fsp3) is 0.436. The molecule has 2 fully saturated rings. The number of aromatic hydroxyl groups is 4. The molecule has 2 saturated heterocycles. The Labute approximate surface area is 465 Å². The molecule has 81 heavy (non-hydrogen) atoms. The number of benzene rings is 4. The fourth-order valence-corrected chi connectivity index (χ4v) is 12.1. The number of rotatable bonds is 12. The van der Waals surface area contributed by atoms with E-state index in [4.69, 9.17) is 28.4 Å². The van der Waals surface area contributed by atoms with Gasteiger partial charge in [-0.1, -0.05) is 24.3 Å². The predicted octanol–water partition coefficient (Wildman–Crippen LogP) is 0.820. The third-order valence-electron chi connectivity index (χ3n) is 16.2. The van der Waals surface area contributed by atoms with Crippen molar-refractivity contribution in [3.63, 3.8) is 0 Å². The molecule has 4 aromatic carbocycles. The molecule has 432 valence electrons. The van der Waals surface area contributed by atoms with Gasteiger partial charge in [0, 0.05) is 71.9 Å². The van der Waals surface area contributed by atoms with Gasteiger partial charge in [0.05, 0.1) is 84.1 Å². The van der Waals surface area contributed by atoms with Crippen LogP contribution >= 0.6 is 12.4 Å². The molecule has 12 atom stereocenters. The van der Waals surface area contributed by atoms with Crippen LogP contribution in [0.15, 0.2) is 36.4 Å². The normalized spacial score (nSPS) is 29.1. The van der Waals surface area contributed by atoms with Gasteiger partial charge in [0.25, 0.3) is 0 Å². The summed E-state index contributed by atoms with van der Waals surface area (Å²) in [6.45, 7) is 0.497. The van der Waals surface area contributed by atoms with Crippen molar-refractivity contribution in [3.8, 4) is 34.5 Å². The summed E-state index contributed by atoms with van der Waals surface area (Å²) in [5, 5.41) is 119. The number of nitrogens with one attached hydrogen (secondary N) is 2. The van der Waals surface area contributed by atoms with Crippen molar-refractivity contribution in [2.24, 2.45) is 0 Å². The van der Waals surface area contributed by atoms with Crippen LogP contribution in [0.2, 0.25) is 0 Å². The maximum absolute atomic E-state index is 14.1. The van der Waals surface area contributed by atoms with E-state index in [1.54, 1.807) is 0 Å². The van der Waals surface area contributed by atoms with Crippen molar-refractivity contribution in [1.29, 1.82) is 0 Å². The number of aliphatic hydroxyl groups excluding tert-OH is 4. The molecule has 2 amide bonds. The van der Waals surface area contributed by atoms with Crippen LogP contribution in [0.25, 0.3) is 0 Å². The van der Waals surface area contributed by atoms with Crippen LogP contribution in [0.1, 0.15) is 138 Å². The van der Waals surface area contributed by atoms with Crippen molar-refractivity contribution in [3.05, 3.63) is 103 Å². The summed E-state index contributed by atoms with van der Waals surface area (Å²) < 4.78 is 35.2. The minimum absolute atomic E-state index is 0. The number of methoxy groups -OCH3 is 2. The highest BCUT2D eigenvalue weighted by molar-refractivity contribution is 6.32. The maximum Gasteiger partial charge on any atom is 0.315 e. The fourth-order valence-electron chi connectivity index (χ4n) is 12.1. The number of Topliss-reactive ketones (excluding diaryl/α,β-unsaturated/α-hetero) is 2. The number of hydrogen-bond acceptors (Lipinski definition) is 23. The van der Waals surface area contributed by atoms with Gasteiger partial charge in [0.1, 0.15) is 71.1 Å². The number of halogens is 1. The first-order chi connectivity index (χ1) is 37.9. The van der Waals surface area contributed by atoms with Gasteiger partial charge in [-0.3, -0.25) is 28.8 Å². The Morgan fingerprint density at radius 3 is 1.28 bits per heavy atom. The number of fused-ring (bicyclic) bond motifs is 6. The summed E-state index contributed by atoms with van der Waals surface area (Å²) in [5.41, 5.74) is -9.44. The Morgan fingerprint density at radius 2 is 0.938 bits per heavy atom. The van der Waals surface area contributed by atoms with Gasteiger partial charge < -0.3 is 90.1 Å². The molecule has 25 nitrogen and oxygen atoms in total. The summed E-state index contributed by atoms with van der Waals surface area (Å²) in [4.78, 5) is 96.4. The number of carbonyl (C=O) groups excluding carboxylic acids is 7. The second-order valence-corrected chi connectivity index (χ2v) is 20.8. The van der Waals surface area contributed by atoms with E-state index in [1.807, 2.05) is 0 Å². The average molecular weight is 1150 g/mol. The van der Waals surface area contributed by atoms with E-state index in [0.717, 1.165) is 0 Å². The maximum atomic E-state index is 14.1. The lowest BCUT2D eigenvalue weighted by Crippen LogP contribution is -2.61. The molecule has 26 heteroatoms. The van der Waals surface area contributed by atoms with E-state index >= 15 is 0 Å². The first kappa shape index (κ1) is 58.5.